The van der Waals surface area contributed by atoms with Crippen LogP contribution in [0.5, 0.6) is 0 Å². The van der Waals surface area contributed by atoms with E-state index in [9.17, 15) is 0 Å². The molecule has 0 saturated carbocycles. The Morgan fingerprint density at radius 2 is 1.60 bits per heavy atom. The number of aromatic nitrogens is 1. The van der Waals surface area contributed by atoms with Gasteiger partial charge in [0.15, 0.2) is 0 Å². The van der Waals surface area contributed by atoms with Crippen molar-refractivity contribution in [1.82, 2.24) is 4.98 Å². The number of nitrogens with zero attached hydrogens (tertiary/aromatic N) is 1. The molecule has 1 aromatic carbocycles. The molecule has 0 aliphatic carbocycles. The summed E-state index contributed by atoms with van der Waals surface area (Å²) >= 11 is 0. The minimum Gasteiger partial charge on any atom is -0.472 e. The van der Waals surface area contributed by atoms with E-state index in [1.807, 2.05) is 18.2 Å². The first-order valence-corrected chi connectivity index (χ1v) is 8.73. The van der Waals surface area contributed by atoms with Gasteiger partial charge in [-0.2, -0.15) is 0 Å². The molecule has 2 heteroatoms. The standard InChI is InChI=1S/C13H15N.C10H14O/c1-13(2,3)12-9-8-10-6-4-5-7-11(10)14-12;1-10(2,3)6-4-9-5-7-11-8-9/h4-9H,1-3H3;4-8H,1-3H3/b;6-4+. The molecule has 3 rings (SSSR count). The number of fused-ring (bicyclic) bond motifs is 1. The SMILES string of the molecule is CC(C)(C)/C=C/c1ccoc1.CC(C)(C)c1ccc2ccccc2n1. The number of pyridine rings is 1. The van der Waals surface area contributed by atoms with Crippen molar-refractivity contribution in [3.63, 3.8) is 0 Å². The van der Waals surface area contributed by atoms with Crippen molar-refractivity contribution in [3.05, 3.63) is 72.3 Å². The number of furan rings is 1. The van der Waals surface area contributed by atoms with Crippen molar-refractivity contribution >= 4 is 17.0 Å². The second kappa shape index (κ2) is 7.69. The lowest BCUT2D eigenvalue weighted by Crippen LogP contribution is -2.13. The van der Waals surface area contributed by atoms with Gasteiger partial charge in [0.05, 0.1) is 18.0 Å². The topological polar surface area (TPSA) is 26.0 Å². The lowest BCUT2D eigenvalue weighted by Gasteiger charge is -2.17. The van der Waals surface area contributed by atoms with Gasteiger partial charge in [0.2, 0.25) is 0 Å². The van der Waals surface area contributed by atoms with Crippen molar-refractivity contribution in [2.75, 3.05) is 0 Å². The van der Waals surface area contributed by atoms with E-state index in [2.05, 4.69) is 82.9 Å². The summed E-state index contributed by atoms with van der Waals surface area (Å²) in [6, 6.07) is 14.4. The fraction of sp³-hybridized carbons (Fsp3) is 0.348. The molecule has 0 radical (unpaired) electrons. The lowest BCUT2D eigenvalue weighted by molar-refractivity contribution is 0.546. The second-order valence-corrected chi connectivity index (χ2v) is 8.40. The largest absolute Gasteiger partial charge is 0.472 e. The highest BCUT2D eigenvalue weighted by Crippen LogP contribution is 2.22. The van der Waals surface area contributed by atoms with Gasteiger partial charge in [-0.1, -0.05) is 78.0 Å². The first-order chi connectivity index (χ1) is 11.6. The number of allylic oxidation sites excluding steroid dienone is 1. The highest BCUT2D eigenvalue weighted by molar-refractivity contribution is 5.78. The number of hydrogen-bond acceptors (Lipinski definition) is 2. The van der Waals surface area contributed by atoms with Crippen LogP contribution in [0.3, 0.4) is 0 Å². The minimum absolute atomic E-state index is 0.129. The maximum atomic E-state index is 4.93. The third-order valence-corrected chi connectivity index (χ3v) is 3.69. The summed E-state index contributed by atoms with van der Waals surface area (Å²) in [6.45, 7) is 13.1. The molecular weight excluding hydrogens is 306 g/mol. The molecule has 3 aromatic rings. The summed E-state index contributed by atoms with van der Waals surface area (Å²) in [6.07, 6.45) is 7.66. The van der Waals surface area contributed by atoms with E-state index in [0.717, 1.165) is 16.8 Å². The Morgan fingerprint density at radius 1 is 0.880 bits per heavy atom. The Bertz CT molecular complexity index is 815. The molecule has 0 saturated heterocycles. The van der Waals surface area contributed by atoms with E-state index < -0.39 is 0 Å². The first-order valence-electron chi connectivity index (χ1n) is 8.73. The zero-order chi connectivity index (χ0) is 18.5. The van der Waals surface area contributed by atoms with Gasteiger partial charge in [-0.05, 0) is 23.6 Å². The average molecular weight is 335 g/mol. The minimum atomic E-state index is 0.129. The Labute approximate surface area is 151 Å². The van der Waals surface area contributed by atoms with Gasteiger partial charge in [0, 0.05) is 22.1 Å². The van der Waals surface area contributed by atoms with Crippen LogP contribution in [0.25, 0.3) is 17.0 Å². The quantitative estimate of drug-likeness (QED) is 0.485. The molecule has 2 heterocycles. The van der Waals surface area contributed by atoms with Crippen LogP contribution in [0.15, 0.2) is 65.5 Å². The Morgan fingerprint density at radius 3 is 2.20 bits per heavy atom. The van der Waals surface area contributed by atoms with E-state index in [0.29, 0.717) is 0 Å². The molecule has 25 heavy (non-hydrogen) atoms. The Balaban J connectivity index is 0.000000186. The summed E-state index contributed by atoms with van der Waals surface area (Å²) in [7, 11) is 0. The first kappa shape index (κ1) is 19.0. The molecule has 0 spiro atoms. The highest BCUT2D eigenvalue weighted by Gasteiger charge is 2.15. The van der Waals surface area contributed by atoms with Crippen LogP contribution in [0.2, 0.25) is 0 Å². The zero-order valence-corrected chi connectivity index (χ0v) is 16.2. The summed E-state index contributed by atoms with van der Waals surface area (Å²) in [5.41, 5.74) is 3.73. The predicted molar refractivity (Wildman–Crippen MR) is 108 cm³/mol. The maximum absolute atomic E-state index is 4.93. The number of rotatable bonds is 1. The van der Waals surface area contributed by atoms with Gasteiger partial charge >= 0.3 is 0 Å². The summed E-state index contributed by atoms with van der Waals surface area (Å²) in [4.78, 5) is 4.65. The molecule has 0 aliphatic heterocycles. The van der Waals surface area contributed by atoms with Crippen molar-refractivity contribution < 1.29 is 4.42 Å². The summed E-state index contributed by atoms with van der Waals surface area (Å²) in [5, 5.41) is 1.21. The fourth-order valence-corrected chi connectivity index (χ4v) is 2.20. The molecule has 0 amide bonds. The monoisotopic (exact) mass is 335 g/mol. The van der Waals surface area contributed by atoms with E-state index in [-0.39, 0.29) is 10.8 Å². The number of benzene rings is 1. The molecule has 0 bridgehead atoms. The van der Waals surface area contributed by atoms with Crippen LogP contribution < -0.4 is 0 Å². The van der Waals surface area contributed by atoms with Crippen LogP contribution in [-0.4, -0.2) is 4.98 Å². The lowest BCUT2D eigenvalue weighted by atomic mass is 9.91. The van der Waals surface area contributed by atoms with Crippen molar-refractivity contribution in [2.24, 2.45) is 5.41 Å². The van der Waals surface area contributed by atoms with Crippen molar-refractivity contribution in [3.8, 4) is 0 Å². The second-order valence-electron chi connectivity index (χ2n) is 8.40. The van der Waals surface area contributed by atoms with Gasteiger partial charge in [0.1, 0.15) is 0 Å². The fourth-order valence-electron chi connectivity index (χ4n) is 2.20. The van der Waals surface area contributed by atoms with E-state index >= 15 is 0 Å². The van der Waals surface area contributed by atoms with Gasteiger partial charge in [-0.3, -0.25) is 4.98 Å². The predicted octanol–water partition coefficient (Wildman–Crippen LogP) is 6.87. The third-order valence-electron chi connectivity index (χ3n) is 3.69. The van der Waals surface area contributed by atoms with Crippen LogP contribution in [0.1, 0.15) is 52.8 Å². The number of para-hydroxylation sites is 1. The third kappa shape index (κ3) is 6.22. The van der Waals surface area contributed by atoms with E-state index in [1.165, 1.54) is 5.39 Å². The van der Waals surface area contributed by atoms with E-state index in [4.69, 9.17) is 4.42 Å². The van der Waals surface area contributed by atoms with Gasteiger partial charge in [-0.25, -0.2) is 0 Å². The van der Waals surface area contributed by atoms with Crippen LogP contribution >= 0.6 is 0 Å². The summed E-state index contributed by atoms with van der Waals surface area (Å²) in [5.74, 6) is 0. The van der Waals surface area contributed by atoms with Crippen LogP contribution in [0, 0.1) is 5.41 Å². The molecule has 0 atom stereocenters. The molecule has 0 unspecified atom stereocenters. The number of hydrogen-bond donors (Lipinski definition) is 0. The molecule has 0 aliphatic rings. The average Bonchev–Trinajstić information content (AvgIpc) is 3.05. The molecule has 2 aromatic heterocycles. The van der Waals surface area contributed by atoms with Gasteiger partial charge in [0.25, 0.3) is 0 Å². The van der Waals surface area contributed by atoms with Crippen molar-refractivity contribution in [2.45, 2.75) is 47.0 Å². The molecule has 0 N–H and O–H groups in total. The normalized spacial score (nSPS) is 12.2. The zero-order valence-electron chi connectivity index (χ0n) is 16.2. The van der Waals surface area contributed by atoms with Crippen LogP contribution in [0.4, 0.5) is 0 Å². The van der Waals surface area contributed by atoms with Gasteiger partial charge in [-0.15, -0.1) is 0 Å². The summed E-state index contributed by atoms with van der Waals surface area (Å²) < 4.78 is 4.93. The molecule has 132 valence electrons. The molecule has 0 fully saturated rings. The Kier molecular flexibility index (Phi) is 5.84. The Hall–Kier alpha value is -2.35. The smallest absolute Gasteiger partial charge is 0.0974 e. The maximum Gasteiger partial charge on any atom is 0.0974 e. The highest BCUT2D eigenvalue weighted by atomic mass is 16.3. The van der Waals surface area contributed by atoms with Crippen LogP contribution in [-0.2, 0) is 5.41 Å². The molecule has 2 nitrogen and oxygen atoms in total. The van der Waals surface area contributed by atoms with Crippen molar-refractivity contribution in [1.29, 1.82) is 0 Å². The van der Waals surface area contributed by atoms with E-state index in [1.54, 1.807) is 12.5 Å². The van der Waals surface area contributed by atoms with Gasteiger partial charge < -0.3 is 4.42 Å². The molecular formula is C23H29NO.